The number of aromatic nitrogens is 1. The Labute approximate surface area is 205 Å². The van der Waals surface area contributed by atoms with Gasteiger partial charge in [-0.2, -0.15) is 0 Å². The van der Waals surface area contributed by atoms with Crippen LogP contribution in [-0.2, 0) is 29.0 Å². The summed E-state index contributed by atoms with van der Waals surface area (Å²) in [5.41, 5.74) is 3.20. The number of amides is 1. The van der Waals surface area contributed by atoms with Gasteiger partial charge in [0.2, 0.25) is 5.71 Å². The van der Waals surface area contributed by atoms with Gasteiger partial charge in [0.25, 0.3) is 5.91 Å². The molecule has 2 heterocycles. The molecule has 11 heteroatoms. The first-order chi connectivity index (χ1) is 16.7. The molecule has 10 nitrogen and oxygen atoms in total. The number of benzene rings is 1. The van der Waals surface area contributed by atoms with Crippen LogP contribution in [0.4, 0.5) is 0 Å². The number of unbranched alkanes of at least 4 members (excludes halogenated alkanes) is 1. The number of carboxylic acid groups (broad SMARTS) is 1. The van der Waals surface area contributed by atoms with Gasteiger partial charge < -0.3 is 24.5 Å². The number of carbonyl (C=O) groups is 2. The average molecular weight is 503 g/mol. The van der Waals surface area contributed by atoms with E-state index in [1.807, 2.05) is 31.2 Å². The third-order valence-corrected chi connectivity index (χ3v) is 6.32. The minimum Gasteiger partial charge on any atom is -0.760 e. The Kier molecular flexibility index (Phi) is 9.10. The fraction of sp³-hybridized carbons (Fsp3) is 0.375. The zero-order valence-electron chi connectivity index (χ0n) is 19.6. The maximum atomic E-state index is 12.8. The zero-order valence-corrected chi connectivity index (χ0v) is 20.4. The van der Waals surface area contributed by atoms with Gasteiger partial charge in [-0.1, -0.05) is 29.8 Å². The van der Waals surface area contributed by atoms with E-state index in [2.05, 4.69) is 10.3 Å². The summed E-state index contributed by atoms with van der Waals surface area (Å²) in [4.78, 5) is 28.1. The number of nitrogens with zero attached hydrogens (tertiary/aromatic N) is 2. The first-order valence-corrected chi connectivity index (χ1v) is 12.2. The Hall–Kier alpha value is -3.12. The monoisotopic (exact) mass is 502 g/mol. The van der Waals surface area contributed by atoms with Crippen molar-refractivity contribution in [3.8, 4) is 11.3 Å². The largest absolute Gasteiger partial charge is 0.760 e. The number of aliphatic hydroxyl groups is 1. The van der Waals surface area contributed by atoms with E-state index in [-0.39, 0.29) is 44.2 Å². The summed E-state index contributed by atoms with van der Waals surface area (Å²) in [7, 11) is 1.52. The van der Waals surface area contributed by atoms with Crippen LogP contribution in [-0.4, -0.2) is 60.3 Å². The third kappa shape index (κ3) is 6.51. The summed E-state index contributed by atoms with van der Waals surface area (Å²) < 4.78 is 30.8. The summed E-state index contributed by atoms with van der Waals surface area (Å²) in [6, 6.07) is 9.19. The van der Waals surface area contributed by atoms with E-state index in [0.717, 1.165) is 9.87 Å². The molecule has 0 aliphatic heterocycles. The summed E-state index contributed by atoms with van der Waals surface area (Å²) in [5, 5.41) is 21.5. The van der Waals surface area contributed by atoms with E-state index in [1.165, 1.54) is 7.05 Å². The van der Waals surface area contributed by atoms with Crippen molar-refractivity contribution in [2.45, 2.75) is 39.2 Å². The van der Waals surface area contributed by atoms with Gasteiger partial charge in [0.15, 0.2) is 0 Å². The molecule has 35 heavy (non-hydrogen) atoms. The molecule has 2 aromatic heterocycles. The molecular formula is C24H28N3O7S-. The first kappa shape index (κ1) is 26.5. The molecule has 0 aliphatic rings. The van der Waals surface area contributed by atoms with Crippen molar-refractivity contribution >= 4 is 34.2 Å². The molecule has 0 fully saturated rings. The van der Waals surface area contributed by atoms with E-state index >= 15 is 0 Å². The molecule has 0 bridgehead atoms. The number of fused-ring (bicyclic) bond motifs is 1. The number of carbonyl (C=O) groups excluding carboxylic acids is 1. The number of rotatable bonds is 12. The van der Waals surface area contributed by atoms with Crippen molar-refractivity contribution in [3.05, 3.63) is 52.7 Å². The SMILES string of the molecule is CNC(=O)c1c(-c2ccc(C)cc2)oc2nc(CN(CCCCC(=O)O)S(=O)[O-])c(CCO)cc12. The van der Waals surface area contributed by atoms with Gasteiger partial charge in [0.1, 0.15) is 5.76 Å². The van der Waals surface area contributed by atoms with Gasteiger partial charge in [-0.05, 0) is 37.8 Å². The van der Waals surface area contributed by atoms with Gasteiger partial charge in [-0.25, -0.2) is 9.29 Å². The van der Waals surface area contributed by atoms with Crippen LogP contribution in [0.2, 0.25) is 0 Å². The molecule has 0 radical (unpaired) electrons. The molecule has 0 spiro atoms. The number of aryl methyl sites for hydroxylation is 1. The lowest BCUT2D eigenvalue weighted by Crippen LogP contribution is -2.27. The number of hydrogen-bond acceptors (Lipinski definition) is 7. The van der Waals surface area contributed by atoms with E-state index in [4.69, 9.17) is 9.52 Å². The Balaban J connectivity index is 2.04. The van der Waals surface area contributed by atoms with Crippen molar-refractivity contribution in [1.29, 1.82) is 0 Å². The Morgan fingerprint density at radius 2 is 1.94 bits per heavy atom. The minimum atomic E-state index is -2.57. The van der Waals surface area contributed by atoms with E-state index < -0.39 is 17.2 Å². The molecule has 3 rings (SSSR count). The molecule has 0 saturated carbocycles. The second-order valence-electron chi connectivity index (χ2n) is 8.10. The predicted octanol–water partition coefficient (Wildman–Crippen LogP) is 2.55. The van der Waals surface area contributed by atoms with Gasteiger partial charge in [-0.3, -0.25) is 13.8 Å². The maximum Gasteiger partial charge on any atom is 0.303 e. The number of pyridine rings is 1. The number of furan rings is 1. The highest BCUT2D eigenvalue weighted by molar-refractivity contribution is 7.76. The standard InChI is InChI=1S/C24H29N3O7S/c1-15-6-8-16(9-7-15)22-21(23(31)25-2)18-13-17(10-12-28)19(26-24(18)34-22)14-27(35(32)33)11-4-3-5-20(29)30/h6-9,13,28H,3-5,10-12,14H2,1-2H3,(H,25,31)(H,29,30)(H,32,33)/p-1. The first-order valence-electron chi connectivity index (χ1n) is 11.2. The molecule has 1 amide bonds. The fourth-order valence-corrected chi connectivity index (χ4v) is 4.28. The Bertz CT molecular complexity index is 1220. The summed E-state index contributed by atoms with van der Waals surface area (Å²) in [5.74, 6) is -0.951. The molecular weight excluding hydrogens is 474 g/mol. The van der Waals surface area contributed by atoms with Gasteiger partial charge in [0, 0.05) is 43.5 Å². The lowest BCUT2D eigenvalue weighted by molar-refractivity contribution is -0.137. The number of nitrogens with one attached hydrogen (secondary N) is 1. The van der Waals surface area contributed by atoms with Crippen molar-refractivity contribution in [3.63, 3.8) is 0 Å². The highest BCUT2D eigenvalue weighted by Gasteiger charge is 2.24. The van der Waals surface area contributed by atoms with Crippen LogP contribution < -0.4 is 5.32 Å². The number of hydrogen-bond donors (Lipinski definition) is 3. The lowest BCUT2D eigenvalue weighted by atomic mass is 10.0. The highest BCUT2D eigenvalue weighted by atomic mass is 32.2. The third-order valence-electron chi connectivity index (χ3n) is 5.59. The Morgan fingerprint density at radius 1 is 1.23 bits per heavy atom. The van der Waals surface area contributed by atoms with Gasteiger partial charge >= 0.3 is 5.97 Å². The quantitative estimate of drug-likeness (QED) is 0.252. The number of aliphatic hydroxyl groups excluding tert-OH is 1. The van der Waals surface area contributed by atoms with Crippen LogP contribution in [0, 0.1) is 6.92 Å². The smallest absolute Gasteiger partial charge is 0.303 e. The van der Waals surface area contributed by atoms with Crippen LogP contribution in [0.3, 0.4) is 0 Å². The summed E-state index contributed by atoms with van der Waals surface area (Å²) in [6.45, 7) is 1.80. The predicted molar refractivity (Wildman–Crippen MR) is 129 cm³/mol. The second-order valence-corrected chi connectivity index (χ2v) is 9.05. The molecule has 0 aliphatic carbocycles. The molecule has 3 N–H and O–H groups in total. The van der Waals surface area contributed by atoms with Crippen molar-refractivity contribution < 1.29 is 33.0 Å². The molecule has 188 valence electrons. The highest BCUT2D eigenvalue weighted by Crippen LogP contribution is 2.34. The van der Waals surface area contributed by atoms with Crippen molar-refractivity contribution in [2.75, 3.05) is 20.2 Å². The van der Waals surface area contributed by atoms with Crippen molar-refractivity contribution in [2.24, 2.45) is 0 Å². The summed E-state index contributed by atoms with van der Waals surface area (Å²) in [6.07, 6.45) is 0.869. The van der Waals surface area contributed by atoms with Crippen molar-refractivity contribution in [1.82, 2.24) is 14.6 Å². The fourth-order valence-electron chi connectivity index (χ4n) is 3.77. The van der Waals surface area contributed by atoms with Crippen LogP contribution in [0.5, 0.6) is 0 Å². The van der Waals surface area contributed by atoms with Crippen LogP contribution in [0.25, 0.3) is 22.4 Å². The second kappa shape index (κ2) is 12.0. The molecule has 1 unspecified atom stereocenters. The number of carboxylic acids is 1. The molecule has 3 aromatic rings. The van der Waals surface area contributed by atoms with Gasteiger partial charge in [0.05, 0.1) is 23.2 Å². The Morgan fingerprint density at radius 3 is 2.54 bits per heavy atom. The number of aliphatic carboxylic acids is 1. The normalized spacial score (nSPS) is 12.3. The van der Waals surface area contributed by atoms with Crippen LogP contribution >= 0.6 is 0 Å². The van der Waals surface area contributed by atoms with E-state index in [1.54, 1.807) is 6.07 Å². The van der Waals surface area contributed by atoms with Crippen LogP contribution in [0.1, 0.15) is 46.4 Å². The minimum absolute atomic E-state index is 0.0459. The van der Waals surface area contributed by atoms with Crippen LogP contribution in [0.15, 0.2) is 34.7 Å². The maximum absolute atomic E-state index is 12.8. The zero-order chi connectivity index (χ0) is 25.5. The molecule has 1 aromatic carbocycles. The topological polar surface area (TPSA) is 156 Å². The van der Waals surface area contributed by atoms with E-state index in [0.29, 0.717) is 46.4 Å². The van der Waals surface area contributed by atoms with E-state index in [9.17, 15) is 23.5 Å². The van der Waals surface area contributed by atoms with Gasteiger partial charge in [-0.15, -0.1) is 0 Å². The lowest BCUT2D eigenvalue weighted by Gasteiger charge is -2.24. The molecule has 1 atom stereocenters. The summed E-state index contributed by atoms with van der Waals surface area (Å²) >= 11 is -2.57. The molecule has 0 saturated heterocycles. The average Bonchev–Trinajstić information content (AvgIpc) is 3.19.